The molecule has 1 aliphatic rings. The molecule has 0 saturated carbocycles. The van der Waals surface area contributed by atoms with E-state index in [-0.39, 0.29) is 32.6 Å². The van der Waals surface area contributed by atoms with Gasteiger partial charge in [-0.2, -0.15) is 13.2 Å². The van der Waals surface area contributed by atoms with Gasteiger partial charge in [-0.3, -0.25) is 14.3 Å². The number of amides is 1. The number of aromatic nitrogens is 2. The maximum Gasteiger partial charge on any atom is 0.416 e. The van der Waals surface area contributed by atoms with Crippen molar-refractivity contribution >= 4 is 34.8 Å². The number of fused-ring (bicyclic) bond motifs is 1. The molecule has 0 radical (unpaired) electrons. The lowest BCUT2D eigenvalue weighted by Crippen LogP contribution is -2.27. The quantitative estimate of drug-likeness (QED) is 0.472. The van der Waals surface area contributed by atoms with Gasteiger partial charge in [-0.25, -0.2) is 9.07 Å². The minimum atomic E-state index is -4.62. The molecule has 0 aliphatic carbocycles. The molecule has 0 unspecified atom stereocenters. The SMILES string of the molecule is O=C(Nc1cc(-c2c(Cl)n3n(c2=O)CCCC3)c(F)cc1Cl)c1cccc(C(F)(F)F)c1. The van der Waals surface area contributed by atoms with Crippen molar-refractivity contribution in [1.82, 2.24) is 9.36 Å². The highest BCUT2D eigenvalue weighted by Gasteiger charge is 2.31. The summed E-state index contributed by atoms with van der Waals surface area (Å²) in [6.07, 6.45) is -3.03. The zero-order chi connectivity index (χ0) is 23.2. The molecule has 1 aromatic heterocycles. The third-order valence-corrected chi connectivity index (χ3v) is 5.89. The minimum absolute atomic E-state index is 0.0612. The van der Waals surface area contributed by atoms with Crippen LogP contribution in [0, 0.1) is 5.82 Å². The standard InChI is InChI=1S/C21H15Cl2F4N3O2/c22-14-10-15(24)13(17-18(23)29-6-1-2-7-30(29)20(17)32)9-16(14)28-19(31)11-4-3-5-12(8-11)21(25,26)27/h3-5,8-10H,1-2,6-7H2,(H,28,31). The van der Waals surface area contributed by atoms with Crippen LogP contribution in [-0.4, -0.2) is 15.3 Å². The molecule has 0 saturated heterocycles. The van der Waals surface area contributed by atoms with Crippen LogP contribution in [0.3, 0.4) is 0 Å². The average Bonchev–Trinajstić information content (AvgIpc) is 3.00. The fourth-order valence-corrected chi connectivity index (χ4v) is 4.18. The first-order valence-corrected chi connectivity index (χ1v) is 10.3. The maximum atomic E-state index is 14.7. The molecule has 1 N–H and O–H groups in total. The lowest BCUT2D eigenvalue weighted by atomic mass is 10.1. The highest BCUT2D eigenvalue weighted by molar-refractivity contribution is 6.34. The largest absolute Gasteiger partial charge is 0.416 e. The summed E-state index contributed by atoms with van der Waals surface area (Å²) in [5.41, 5.74) is -2.05. The van der Waals surface area contributed by atoms with Gasteiger partial charge in [0.1, 0.15) is 11.0 Å². The number of halogens is 6. The van der Waals surface area contributed by atoms with Crippen molar-refractivity contribution in [2.24, 2.45) is 0 Å². The van der Waals surface area contributed by atoms with Gasteiger partial charge in [0, 0.05) is 24.2 Å². The summed E-state index contributed by atoms with van der Waals surface area (Å²) in [5.74, 6) is -1.70. The van der Waals surface area contributed by atoms with Gasteiger partial charge in [-0.05, 0) is 43.2 Å². The van der Waals surface area contributed by atoms with Gasteiger partial charge in [-0.15, -0.1) is 0 Å². The van der Waals surface area contributed by atoms with E-state index in [4.69, 9.17) is 23.2 Å². The molecular formula is C21H15Cl2F4N3O2. The zero-order valence-electron chi connectivity index (χ0n) is 16.3. The van der Waals surface area contributed by atoms with Gasteiger partial charge in [0.15, 0.2) is 0 Å². The second-order valence-corrected chi connectivity index (χ2v) is 8.03. The van der Waals surface area contributed by atoms with Gasteiger partial charge in [0.25, 0.3) is 11.5 Å². The smallest absolute Gasteiger partial charge is 0.321 e. The van der Waals surface area contributed by atoms with E-state index in [0.717, 1.165) is 37.1 Å². The second-order valence-electron chi connectivity index (χ2n) is 7.27. The summed E-state index contributed by atoms with van der Waals surface area (Å²) >= 11 is 12.4. The molecule has 0 fully saturated rings. The fourth-order valence-electron chi connectivity index (χ4n) is 3.62. The lowest BCUT2D eigenvalue weighted by Gasteiger charge is -2.17. The first-order valence-electron chi connectivity index (χ1n) is 9.55. The predicted molar refractivity (Wildman–Crippen MR) is 113 cm³/mol. The van der Waals surface area contributed by atoms with Gasteiger partial charge >= 0.3 is 6.18 Å². The molecule has 32 heavy (non-hydrogen) atoms. The summed E-state index contributed by atoms with van der Waals surface area (Å²) in [6, 6.07) is 5.90. The Morgan fingerprint density at radius 1 is 1.03 bits per heavy atom. The zero-order valence-corrected chi connectivity index (χ0v) is 17.8. The molecule has 2 heterocycles. The van der Waals surface area contributed by atoms with E-state index in [2.05, 4.69) is 5.32 Å². The maximum absolute atomic E-state index is 14.7. The van der Waals surface area contributed by atoms with E-state index >= 15 is 0 Å². The number of anilines is 1. The highest BCUT2D eigenvalue weighted by Crippen LogP contribution is 2.35. The van der Waals surface area contributed by atoms with Crippen LogP contribution in [-0.2, 0) is 19.3 Å². The summed E-state index contributed by atoms with van der Waals surface area (Å²) in [7, 11) is 0. The number of hydrogen-bond acceptors (Lipinski definition) is 2. The Labute approximate surface area is 189 Å². The van der Waals surface area contributed by atoms with E-state index in [0.29, 0.717) is 19.2 Å². The molecule has 1 aliphatic heterocycles. The summed E-state index contributed by atoms with van der Waals surface area (Å²) in [6.45, 7) is 0.940. The van der Waals surface area contributed by atoms with E-state index in [1.807, 2.05) is 0 Å². The number of nitrogens with one attached hydrogen (secondary N) is 1. The Morgan fingerprint density at radius 3 is 2.38 bits per heavy atom. The fraction of sp³-hybridized carbons (Fsp3) is 0.238. The van der Waals surface area contributed by atoms with Crippen molar-refractivity contribution in [3.05, 3.63) is 73.9 Å². The van der Waals surface area contributed by atoms with Crippen LogP contribution in [0.4, 0.5) is 23.2 Å². The third-order valence-electron chi connectivity index (χ3n) is 5.19. The second kappa shape index (κ2) is 8.29. The Hall–Kier alpha value is -2.78. The molecule has 0 atom stereocenters. The topological polar surface area (TPSA) is 56.0 Å². The van der Waals surface area contributed by atoms with E-state index in [1.54, 1.807) is 4.68 Å². The number of alkyl halides is 3. The first kappa shape index (κ1) is 22.4. The van der Waals surface area contributed by atoms with Crippen molar-refractivity contribution in [1.29, 1.82) is 0 Å². The normalized spacial score (nSPS) is 13.7. The molecule has 11 heteroatoms. The number of nitrogens with zero attached hydrogens (tertiary/aromatic N) is 2. The Bertz CT molecular complexity index is 1280. The molecule has 3 aromatic rings. The predicted octanol–water partition coefficient (Wildman–Crippen LogP) is 5.83. The van der Waals surface area contributed by atoms with Crippen LogP contribution >= 0.6 is 23.2 Å². The van der Waals surface area contributed by atoms with Gasteiger partial charge in [-0.1, -0.05) is 29.3 Å². The van der Waals surface area contributed by atoms with Crippen molar-refractivity contribution in [2.75, 3.05) is 5.32 Å². The van der Waals surface area contributed by atoms with Crippen molar-refractivity contribution < 1.29 is 22.4 Å². The van der Waals surface area contributed by atoms with Crippen molar-refractivity contribution in [2.45, 2.75) is 32.1 Å². The Balaban J connectivity index is 1.73. The number of carbonyl (C=O) groups excluding carboxylic acids is 1. The third kappa shape index (κ3) is 4.02. The van der Waals surface area contributed by atoms with Crippen LogP contribution in [0.15, 0.2) is 41.2 Å². The number of benzene rings is 2. The lowest BCUT2D eigenvalue weighted by molar-refractivity contribution is -0.137. The molecule has 1 amide bonds. The van der Waals surface area contributed by atoms with Crippen molar-refractivity contribution in [3.8, 4) is 11.1 Å². The molecule has 168 valence electrons. The van der Waals surface area contributed by atoms with Crippen LogP contribution in [0.1, 0.15) is 28.8 Å². The highest BCUT2D eigenvalue weighted by atomic mass is 35.5. The molecular weight excluding hydrogens is 473 g/mol. The minimum Gasteiger partial charge on any atom is -0.321 e. The Morgan fingerprint density at radius 2 is 1.72 bits per heavy atom. The van der Waals surface area contributed by atoms with E-state index in [1.165, 1.54) is 10.7 Å². The van der Waals surface area contributed by atoms with Crippen LogP contribution in [0.25, 0.3) is 11.1 Å². The molecule has 4 rings (SSSR count). The number of hydrogen-bond donors (Lipinski definition) is 1. The average molecular weight is 488 g/mol. The van der Waals surface area contributed by atoms with Crippen LogP contribution in [0.2, 0.25) is 10.2 Å². The summed E-state index contributed by atoms with van der Waals surface area (Å²) in [4.78, 5) is 25.4. The van der Waals surface area contributed by atoms with Gasteiger partial charge in [0.2, 0.25) is 0 Å². The monoisotopic (exact) mass is 487 g/mol. The molecule has 0 bridgehead atoms. The molecule has 5 nitrogen and oxygen atoms in total. The first-order chi connectivity index (χ1) is 15.1. The van der Waals surface area contributed by atoms with E-state index in [9.17, 15) is 27.2 Å². The number of rotatable bonds is 3. The van der Waals surface area contributed by atoms with Crippen molar-refractivity contribution in [3.63, 3.8) is 0 Å². The van der Waals surface area contributed by atoms with Gasteiger partial charge < -0.3 is 5.32 Å². The van der Waals surface area contributed by atoms with Gasteiger partial charge in [0.05, 0.1) is 21.8 Å². The molecule has 0 spiro atoms. The molecule has 2 aromatic carbocycles. The summed E-state index contributed by atoms with van der Waals surface area (Å²) < 4.78 is 56.6. The van der Waals surface area contributed by atoms with E-state index < -0.39 is 29.0 Å². The van der Waals surface area contributed by atoms with Crippen LogP contribution < -0.4 is 10.9 Å². The van der Waals surface area contributed by atoms with Crippen LogP contribution in [0.5, 0.6) is 0 Å². The number of carbonyl (C=O) groups is 1. The Kier molecular flexibility index (Phi) is 5.81. The summed E-state index contributed by atoms with van der Waals surface area (Å²) in [5, 5.41) is 2.25.